The van der Waals surface area contributed by atoms with Crippen molar-refractivity contribution in [1.29, 1.82) is 0 Å². The van der Waals surface area contributed by atoms with E-state index in [2.05, 4.69) is 26.3 Å². The summed E-state index contributed by atoms with van der Waals surface area (Å²) in [4.78, 5) is 23.1. The summed E-state index contributed by atoms with van der Waals surface area (Å²) in [7, 11) is 0. The highest BCUT2D eigenvalue weighted by Gasteiger charge is 2.22. The monoisotopic (exact) mass is 276 g/mol. The number of piperidine rings is 1. The lowest BCUT2D eigenvalue weighted by atomic mass is 10.0. The van der Waals surface area contributed by atoms with Gasteiger partial charge in [-0.25, -0.2) is 9.97 Å². The number of hydrogen-bond acceptors (Lipinski definition) is 5. The minimum absolute atomic E-state index is 0.0562. The standard InChI is InChI=1S/C13H16N4OS/c1-9(18)16-10-2-5-17(6-3-10)12-11-4-7-19-13(11)15-8-14-12/h4,7-8,10H,2-3,5-6H2,1H3,(H,16,18). The molecule has 0 atom stereocenters. The van der Waals surface area contributed by atoms with Crippen LogP contribution in [0.25, 0.3) is 10.2 Å². The first-order chi connectivity index (χ1) is 9.24. The molecule has 0 spiro atoms. The van der Waals surface area contributed by atoms with E-state index in [1.807, 2.05) is 5.38 Å². The van der Waals surface area contributed by atoms with Crippen molar-refractivity contribution in [3.8, 4) is 0 Å². The SMILES string of the molecule is CC(=O)NC1CCN(c2ncnc3sccc23)CC1. The first kappa shape index (κ1) is 12.3. The van der Waals surface area contributed by atoms with E-state index in [0.717, 1.165) is 42.0 Å². The first-order valence-corrected chi connectivity index (χ1v) is 7.32. The second-order valence-electron chi connectivity index (χ2n) is 4.80. The second-order valence-corrected chi connectivity index (χ2v) is 5.69. The molecule has 0 unspecified atom stereocenters. The maximum absolute atomic E-state index is 11.1. The van der Waals surface area contributed by atoms with Gasteiger partial charge in [-0.3, -0.25) is 4.79 Å². The number of thiophene rings is 1. The van der Waals surface area contributed by atoms with E-state index in [1.54, 1.807) is 24.6 Å². The predicted octanol–water partition coefficient (Wildman–Crippen LogP) is 1.80. The second kappa shape index (κ2) is 5.13. The molecule has 3 heterocycles. The largest absolute Gasteiger partial charge is 0.356 e. The third kappa shape index (κ3) is 2.53. The predicted molar refractivity (Wildman–Crippen MR) is 76.5 cm³/mol. The third-order valence-corrected chi connectivity index (χ3v) is 4.26. The van der Waals surface area contributed by atoms with Crippen LogP contribution in [0.1, 0.15) is 19.8 Å². The van der Waals surface area contributed by atoms with E-state index in [0.29, 0.717) is 6.04 Å². The van der Waals surface area contributed by atoms with Crippen LogP contribution < -0.4 is 10.2 Å². The zero-order chi connectivity index (χ0) is 13.2. The Bertz CT molecular complexity index is 589. The number of hydrogen-bond donors (Lipinski definition) is 1. The van der Waals surface area contributed by atoms with Gasteiger partial charge in [-0.15, -0.1) is 11.3 Å². The molecule has 0 aliphatic carbocycles. The Hall–Kier alpha value is -1.69. The van der Waals surface area contributed by atoms with Crippen LogP contribution in [0.15, 0.2) is 17.8 Å². The fraction of sp³-hybridized carbons (Fsp3) is 0.462. The lowest BCUT2D eigenvalue weighted by Crippen LogP contribution is -2.44. The maximum atomic E-state index is 11.1. The molecular weight excluding hydrogens is 260 g/mol. The number of fused-ring (bicyclic) bond motifs is 1. The molecule has 0 radical (unpaired) electrons. The Morgan fingerprint density at radius 2 is 2.21 bits per heavy atom. The van der Waals surface area contributed by atoms with Gasteiger partial charge < -0.3 is 10.2 Å². The van der Waals surface area contributed by atoms with Gasteiger partial charge in [0.15, 0.2) is 0 Å². The Morgan fingerprint density at radius 1 is 1.42 bits per heavy atom. The van der Waals surface area contributed by atoms with Crippen molar-refractivity contribution in [1.82, 2.24) is 15.3 Å². The van der Waals surface area contributed by atoms with Crippen LogP contribution in [-0.4, -0.2) is 35.0 Å². The molecule has 5 nitrogen and oxygen atoms in total. The minimum Gasteiger partial charge on any atom is -0.356 e. The highest BCUT2D eigenvalue weighted by molar-refractivity contribution is 7.16. The van der Waals surface area contributed by atoms with Crippen LogP contribution in [-0.2, 0) is 4.79 Å². The van der Waals surface area contributed by atoms with Crippen LogP contribution in [0.5, 0.6) is 0 Å². The number of rotatable bonds is 2. The van der Waals surface area contributed by atoms with Crippen molar-refractivity contribution in [3.05, 3.63) is 17.8 Å². The topological polar surface area (TPSA) is 58.1 Å². The van der Waals surface area contributed by atoms with Gasteiger partial charge in [0.05, 0.1) is 5.39 Å². The van der Waals surface area contributed by atoms with Gasteiger partial charge in [0.2, 0.25) is 5.91 Å². The summed E-state index contributed by atoms with van der Waals surface area (Å²) in [5.41, 5.74) is 0. The maximum Gasteiger partial charge on any atom is 0.217 e. The van der Waals surface area contributed by atoms with Crippen molar-refractivity contribution >= 4 is 33.3 Å². The van der Waals surface area contributed by atoms with Gasteiger partial charge in [0.25, 0.3) is 0 Å². The Kier molecular flexibility index (Phi) is 3.33. The molecule has 6 heteroatoms. The molecule has 2 aromatic rings. The van der Waals surface area contributed by atoms with Gasteiger partial charge in [0.1, 0.15) is 17.0 Å². The molecule has 0 bridgehead atoms. The normalized spacial score (nSPS) is 16.8. The number of amides is 1. The molecule has 19 heavy (non-hydrogen) atoms. The van der Waals surface area contributed by atoms with Crippen molar-refractivity contribution in [2.24, 2.45) is 0 Å². The quantitative estimate of drug-likeness (QED) is 0.908. The van der Waals surface area contributed by atoms with Crippen LogP contribution in [0, 0.1) is 0 Å². The molecule has 1 saturated heterocycles. The molecule has 0 saturated carbocycles. The van der Waals surface area contributed by atoms with E-state index in [9.17, 15) is 4.79 Å². The summed E-state index contributed by atoms with van der Waals surface area (Å²) in [5.74, 6) is 1.08. The lowest BCUT2D eigenvalue weighted by molar-refractivity contribution is -0.119. The fourth-order valence-corrected chi connectivity index (χ4v) is 3.28. The first-order valence-electron chi connectivity index (χ1n) is 6.44. The van der Waals surface area contributed by atoms with Gasteiger partial charge in [-0.2, -0.15) is 0 Å². The van der Waals surface area contributed by atoms with Crippen LogP contribution in [0.2, 0.25) is 0 Å². The Morgan fingerprint density at radius 3 is 2.95 bits per heavy atom. The zero-order valence-electron chi connectivity index (χ0n) is 10.8. The highest BCUT2D eigenvalue weighted by atomic mass is 32.1. The van der Waals surface area contributed by atoms with E-state index < -0.39 is 0 Å². The molecule has 3 rings (SSSR count). The van der Waals surface area contributed by atoms with E-state index in [1.165, 1.54) is 0 Å². The summed E-state index contributed by atoms with van der Waals surface area (Å²) < 4.78 is 0. The van der Waals surface area contributed by atoms with Crippen molar-refractivity contribution in [2.75, 3.05) is 18.0 Å². The molecule has 1 aliphatic heterocycles. The van der Waals surface area contributed by atoms with Crippen molar-refractivity contribution in [3.63, 3.8) is 0 Å². The van der Waals surface area contributed by atoms with E-state index in [4.69, 9.17) is 0 Å². The number of nitrogens with zero attached hydrogens (tertiary/aromatic N) is 3. The Balaban J connectivity index is 1.75. The summed E-state index contributed by atoms with van der Waals surface area (Å²) in [5, 5.41) is 6.17. The molecular formula is C13H16N4OS. The average Bonchev–Trinajstić information content (AvgIpc) is 2.87. The van der Waals surface area contributed by atoms with Gasteiger partial charge in [-0.05, 0) is 24.3 Å². The summed E-state index contributed by atoms with van der Waals surface area (Å²) in [6, 6.07) is 2.38. The average molecular weight is 276 g/mol. The van der Waals surface area contributed by atoms with Crippen LogP contribution in [0.3, 0.4) is 0 Å². The van der Waals surface area contributed by atoms with Gasteiger partial charge in [-0.1, -0.05) is 0 Å². The number of aromatic nitrogens is 2. The lowest BCUT2D eigenvalue weighted by Gasteiger charge is -2.33. The van der Waals surface area contributed by atoms with E-state index in [-0.39, 0.29) is 5.91 Å². The zero-order valence-corrected chi connectivity index (χ0v) is 11.6. The molecule has 2 aromatic heterocycles. The summed E-state index contributed by atoms with van der Waals surface area (Å²) >= 11 is 1.64. The number of nitrogens with one attached hydrogen (secondary N) is 1. The minimum atomic E-state index is 0.0562. The molecule has 1 amide bonds. The fourth-order valence-electron chi connectivity index (χ4n) is 2.55. The molecule has 1 aliphatic rings. The number of carbonyl (C=O) groups is 1. The van der Waals surface area contributed by atoms with E-state index >= 15 is 0 Å². The molecule has 1 fully saturated rings. The van der Waals surface area contributed by atoms with Gasteiger partial charge >= 0.3 is 0 Å². The van der Waals surface area contributed by atoms with Crippen molar-refractivity contribution in [2.45, 2.75) is 25.8 Å². The highest BCUT2D eigenvalue weighted by Crippen LogP contribution is 2.28. The summed E-state index contributed by atoms with van der Waals surface area (Å²) in [6.45, 7) is 3.42. The van der Waals surface area contributed by atoms with Gasteiger partial charge in [0, 0.05) is 26.1 Å². The molecule has 100 valence electrons. The van der Waals surface area contributed by atoms with Crippen LogP contribution >= 0.6 is 11.3 Å². The van der Waals surface area contributed by atoms with Crippen LogP contribution in [0.4, 0.5) is 5.82 Å². The summed E-state index contributed by atoms with van der Waals surface area (Å²) in [6.07, 6.45) is 3.57. The number of carbonyl (C=O) groups excluding carboxylic acids is 1. The smallest absolute Gasteiger partial charge is 0.217 e. The molecule has 1 N–H and O–H groups in total. The third-order valence-electron chi connectivity index (χ3n) is 3.44. The molecule has 0 aromatic carbocycles. The number of anilines is 1. The van der Waals surface area contributed by atoms with Crippen molar-refractivity contribution < 1.29 is 4.79 Å². The Labute approximate surface area is 115 Å².